The number of hydrogen-bond acceptors (Lipinski definition) is 2. The van der Waals surface area contributed by atoms with E-state index in [2.05, 4.69) is 209 Å². The third kappa shape index (κ3) is 5.01. The van der Waals surface area contributed by atoms with E-state index in [1.165, 1.54) is 69.9 Å². The van der Waals surface area contributed by atoms with Crippen LogP contribution in [0.25, 0.3) is 55.3 Å². The lowest BCUT2D eigenvalue weighted by Gasteiger charge is -2.35. The van der Waals surface area contributed by atoms with E-state index in [-0.39, 0.29) is 0 Å². The van der Waals surface area contributed by atoms with E-state index in [0.717, 1.165) is 22.6 Å². The monoisotopic (exact) mass is 737 g/mol. The van der Waals surface area contributed by atoms with Crippen LogP contribution in [0.4, 0.5) is 0 Å². The number of hydrogen-bond donors (Lipinski definition) is 0. The van der Waals surface area contributed by atoms with Gasteiger partial charge in [0.2, 0.25) is 0 Å². The standard InChI is InChI=1S/C50H35N3SSi/c1-3-17-38(18-4-1)55(39-19-5-2-6-20-39,41-22-14-16-37(33-41)52-45-25-9-7-23-42(45)43-24-8-10-26-46(43)52)40-21-13-15-35(31-40)36-29-30-44-48(32-36)53-47-27-11-12-28-49(47)54-34-50(53)51-44/h1-33H,34H2. The van der Waals surface area contributed by atoms with Crippen molar-refractivity contribution in [3.63, 3.8) is 0 Å². The fourth-order valence-corrected chi connectivity index (χ4v) is 14.7. The molecule has 11 rings (SSSR count). The lowest BCUT2D eigenvalue weighted by atomic mass is 10.1. The lowest BCUT2D eigenvalue weighted by molar-refractivity contribution is 0.945. The number of fused-ring (bicyclic) bond motifs is 8. The van der Waals surface area contributed by atoms with E-state index < -0.39 is 8.07 Å². The van der Waals surface area contributed by atoms with Gasteiger partial charge >= 0.3 is 0 Å². The third-order valence-corrected chi connectivity index (χ3v) is 17.2. The van der Waals surface area contributed by atoms with E-state index in [0.29, 0.717) is 0 Å². The zero-order valence-corrected chi connectivity index (χ0v) is 31.8. The summed E-state index contributed by atoms with van der Waals surface area (Å²) in [5.41, 5.74) is 9.40. The van der Waals surface area contributed by atoms with Crippen molar-refractivity contribution in [2.45, 2.75) is 10.6 Å². The Kier molecular flexibility index (Phi) is 7.51. The average Bonchev–Trinajstić information content (AvgIpc) is 3.81. The van der Waals surface area contributed by atoms with Crippen LogP contribution in [0.1, 0.15) is 5.82 Å². The molecule has 0 atom stereocenters. The van der Waals surface area contributed by atoms with Gasteiger partial charge < -0.3 is 4.57 Å². The highest BCUT2D eigenvalue weighted by Crippen LogP contribution is 2.38. The molecule has 0 radical (unpaired) electrons. The van der Waals surface area contributed by atoms with Gasteiger partial charge in [-0.1, -0.05) is 152 Å². The molecule has 0 bridgehead atoms. The number of imidazole rings is 1. The number of rotatable bonds is 6. The molecule has 1 aliphatic rings. The van der Waals surface area contributed by atoms with Crippen LogP contribution in [-0.2, 0) is 5.75 Å². The molecule has 0 unspecified atom stereocenters. The average molecular weight is 738 g/mol. The van der Waals surface area contributed by atoms with E-state index in [4.69, 9.17) is 4.98 Å². The van der Waals surface area contributed by atoms with Crippen molar-refractivity contribution in [3.8, 4) is 22.5 Å². The van der Waals surface area contributed by atoms with Gasteiger partial charge in [0.15, 0.2) is 8.07 Å². The zero-order valence-electron chi connectivity index (χ0n) is 30.0. The molecule has 0 amide bonds. The summed E-state index contributed by atoms with van der Waals surface area (Å²) in [6.45, 7) is 0. The van der Waals surface area contributed by atoms with Crippen molar-refractivity contribution < 1.29 is 0 Å². The quantitative estimate of drug-likeness (QED) is 0.125. The zero-order chi connectivity index (χ0) is 36.3. The maximum Gasteiger partial charge on any atom is 0.179 e. The molecule has 260 valence electrons. The highest BCUT2D eigenvalue weighted by atomic mass is 32.2. The molecule has 0 saturated carbocycles. The Morgan fingerprint density at radius 3 is 1.75 bits per heavy atom. The van der Waals surface area contributed by atoms with Crippen LogP contribution in [0.2, 0.25) is 0 Å². The summed E-state index contributed by atoms with van der Waals surface area (Å²) in [6, 6.07) is 74.2. The van der Waals surface area contributed by atoms with Crippen LogP contribution in [0.5, 0.6) is 0 Å². The minimum Gasteiger partial charge on any atom is -0.309 e. The van der Waals surface area contributed by atoms with Gasteiger partial charge in [0, 0.05) is 21.4 Å². The molecule has 0 aliphatic carbocycles. The molecule has 10 aromatic rings. The summed E-state index contributed by atoms with van der Waals surface area (Å²) in [4.78, 5) is 6.37. The van der Waals surface area contributed by atoms with Gasteiger partial charge in [-0.15, -0.1) is 11.8 Å². The summed E-state index contributed by atoms with van der Waals surface area (Å²) in [5, 5.41) is 7.93. The lowest BCUT2D eigenvalue weighted by Crippen LogP contribution is -2.74. The van der Waals surface area contributed by atoms with Crippen LogP contribution in [0.15, 0.2) is 205 Å². The molecule has 0 fully saturated rings. The van der Waals surface area contributed by atoms with E-state index >= 15 is 0 Å². The molecule has 1 aliphatic heterocycles. The molecule has 3 heterocycles. The Balaban J connectivity index is 1.15. The summed E-state index contributed by atoms with van der Waals surface area (Å²) in [5.74, 6) is 1.97. The molecule has 0 N–H and O–H groups in total. The predicted octanol–water partition coefficient (Wildman–Crippen LogP) is 9.77. The normalized spacial score (nSPS) is 12.6. The van der Waals surface area contributed by atoms with Gasteiger partial charge in [0.25, 0.3) is 0 Å². The van der Waals surface area contributed by atoms with Gasteiger partial charge in [0.05, 0.1) is 33.5 Å². The fourth-order valence-electron chi connectivity index (χ4n) is 8.96. The third-order valence-electron chi connectivity index (χ3n) is 11.3. The summed E-state index contributed by atoms with van der Waals surface area (Å²) in [7, 11) is -2.89. The number of aromatic nitrogens is 3. The number of para-hydroxylation sites is 3. The second-order valence-electron chi connectivity index (χ2n) is 14.3. The minimum absolute atomic E-state index is 0.868. The highest BCUT2D eigenvalue weighted by molar-refractivity contribution is 7.98. The Bertz CT molecular complexity index is 2960. The molecule has 2 aromatic heterocycles. The van der Waals surface area contributed by atoms with Crippen molar-refractivity contribution in [2.75, 3.05) is 0 Å². The molecule has 3 nitrogen and oxygen atoms in total. The molecule has 55 heavy (non-hydrogen) atoms. The number of thioether (sulfide) groups is 1. The second kappa shape index (κ2) is 12.9. The van der Waals surface area contributed by atoms with Gasteiger partial charge in [-0.05, 0) is 80.4 Å². The van der Waals surface area contributed by atoms with Crippen molar-refractivity contribution in [1.82, 2.24) is 14.1 Å². The van der Waals surface area contributed by atoms with Crippen LogP contribution in [-0.4, -0.2) is 22.2 Å². The minimum atomic E-state index is -2.89. The van der Waals surface area contributed by atoms with Crippen LogP contribution in [0, 0.1) is 0 Å². The largest absolute Gasteiger partial charge is 0.309 e. The molecule has 0 spiro atoms. The SMILES string of the molecule is c1ccc([Si](c2ccccc2)(c2cccc(-c3ccc4nc5n(c4c3)-c3ccccc3SC5)c2)c2cccc(-n3c4ccccc4c4ccccc43)c2)cc1. The highest BCUT2D eigenvalue weighted by Gasteiger charge is 2.42. The predicted molar refractivity (Wildman–Crippen MR) is 234 cm³/mol. The van der Waals surface area contributed by atoms with Crippen molar-refractivity contribution in [1.29, 1.82) is 0 Å². The number of benzene rings is 8. The molecular formula is C50H35N3SSi. The van der Waals surface area contributed by atoms with Gasteiger partial charge in [-0.25, -0.2) is 4.98 Å². The number of nitrogens with zero attached hydrogens (tertiary/aromatic N) is 3. The van der Waals surface area contributed by atoms with Gasteiger partial charge in [0.1, 0.15) is 5.82 Å². The van der Waals surface area contributed by atoms with Crippen LogP contribution < -0.4 is 20.7 Å². The molecule has 5 heteroatoms. The maximum atomic E-state index is 5.08. The molecule has 8 aromatic carbocycles. The van der Waals surface area contributed by atoms with Crippen LogP contribution >= 0.6 is 11.8 Å². The summed E-state index contributed by atoms with van der Waals surface area (Å²) < 4.78 is 4.81. The van der Waals surface area contributed by atoms with E-state index in [1.54, 1.807) is 0 Å². The van der Waals surface area contributed by atoms with E-state index in [9.17, 15) is 0 Å². The maximum absolute atomic E-state index is 5.08. The smallest absolute Gasteiger partial charge is 0.179 e. The Morgan fingerprint density at radius 1 is 0.436 bits per heavy atom. The second-order valence-corrected chi connectivity index (χ2v) is 19.1. The first kappa shape index (κ1) is 32.1. The summed E-state index contributed by atoms with van der Waals surface area (Å²) >= 11 is 1.87. The first-order chi connectivity index (χ1) is 27.3. The van der Waals surface area contributed by atoms with Gasteiger partial charge in [-0.2, -0.15) is 0 Å². The molecule has 0 saturated heterocycles. The first-order valence-corrected chi connectivity index (χ1v) is 21.8. The van der Waals surface area contributed by atoms with Crippen molar-refractivity contribution in [2.24, 2.45) is 0 Å². The van der Waals surface area contributed by atoms with Crippen molar-refractivity contribution in [3.05, 3.63) is 206 Å². The van der Waals surface area contributed by atoms with E-state index in [1.807, 2.05) is 11.8 Å². The molecular weight excluding hydrogens is 703 g/mol. The first-order valence-electron chi connectivity index (χ1n) is 18.8. The van der Waals surface area contributed by atoms with Crippen LogP contribution in [0.3, 0.4) is 0 Å². The topological polar surface area (TPSA) is 22.8 Å². The Labute approximate surface area is 325 Å². The Morgan fingerprint density at radius 2 is 1.02 bits per heavy atom. The summed E-state index contributed by atoms with van der Waals surface area (Å²) in [6.07, 6.45) is 0. The Hall–Kier alpha value is -6.40. The van der Waals surface area contributed by atoms with Crippen molar-refractivity contribution >= 4 is 73.4 Å². The van der Waals surface area contributed by atoms with Gasteiger partial charge in [-0.3, -0.25) is 4.57 Å². The fraction of sp³-hybridized carbons (Fsp3) is 0.0200.